The maximum atomic E-state index is 5.76. The van der Waals surface area contributed by atoms with Gasteiger partial charge in [0.15, 0.2) is 0 Å². The summed E-state index contributed by atoms with van der Waals surface area (Å²) in [5.41, 5.74) is 0.822. The molecule has 0 aliphatic heterocycles. The summed E-state index contributed by atoms with van der Waals surface area (Å²) in [5, 5.41) is 0. The van der Waals surface area contributed by atoms with Crippen molar-refractivity contribution < 1.29 is 9.47 Å². The van der Waals surface area contributed by atoms with Crippen LogP contribution in [-0.4, -0.2) is 6.29 Å². The predicted octanol–water partition coefficient (Wildman–Crippen LogP) is 4.05. The highest BCUT2D eigenvalue weighted by atomic mass is 16.7. The van der Waals surface area contributed by atoms with E-state index >= 15 is 0 Å². The van der Waals surface area contributed by atoms with Gasteiger partial charge in [-0.05, 0) is 36.8 Å². The molecular weight excluding hydrogens is 224 g/mol. The van der Waals surface area contributed by atoms with Crippen LogP contribution in [0.5, 0.6) is 11.5 Å². The van der Waals surface area contributed by atoms with Crippen molar-refractivity contribution in [3.8, 4) is 11.5 Å². The van der Waals surface area contributed by atoms with Gasteiger partial charge in [0.1, 0.15) is 11.5 Å². The van der Waals surface area contributed by atoms with Crippen molar-refractivity contribution >= 4 is 0 Å². The monoisotopic (exact) mass is 240 g/mol. The molecule has 0 spiro atoms. The Morgan fingerprint density at radius 3 is 1.56 bits per heavy atom. The molecule has 18 heavy (non-hydrogen) atoms. The Morgan fingerprint density at radius 1 is 0.833 bits per heavy atom. The summed E-state index contributed by atoms with van der Waals surface area (Å²) in [7, 11) is 0. The molecule has 0 aliphatic carbocycles. The smallest absolute Gasteiger partial charge is 0.262 e. The fraction of sp³-hybridized carbons (Fsp3) is 0.125. The van der Waals surface area contributed by atoms with E-state index in [2.05, 4.69) is 6.58 Å². The molecule has 0 bridgehead atoms. The van der Waals surface area contributed by atoms with Crippen LogP contribution in [0.2, 0.25) is 0 Å². The first-order valence-corrected chi connectivity index (χ1v) is 5.84. The number of ether oxygens (including phenoxy) is 2. The molecule has 0 heterocycles. The van der Waals surface area contributed by atoms with Gasteiger partial charge in [-0.15, -0.1) is 0 Å². The molecule has 0 saturated carbocycles. The molecule has 0 atom stereocenters. The molecule has 2 aromatic rings. The minimum atomic E-state index is -0.477. The molecule has 0 aromatic heterocycles. The minimum Gasteiger partial charge on any atom is -0.451 e. The zero-order valence-electron chi connectivity index (χ0n) is 10.4. The van der Waals surface area contributed by atoms with Crippen LogP contribution in [0, 0.1) is 0 Å². The average molecular weight is 240 g/mol. The van der Waals surface area contributed by atoms with E-state index in [1.165, 1.54) is 0 Å². The van der Waals surface area contributed by atoms with E-state index in [1.54, 1.807) is 0 Å². The van der Waals surface area contributed by atoms with Crippen LogP contribution in [0.4, 0.5) is 0 Å². The molecule has 0 radical (unpaired) electrons. The molecule has 0 N–H and O–H groups in total. The van der Waals surface area contributed by atoms with E-state index in [1.807, 2.05) is 67.6 Å². The first kappa shape index (κ1) is 12.2. The van der Waals surface area contributed by atoms with E-state index in [0.717, 1.165) is 17.1 Å². The summed E-state index contributed by atoms with van der Waals surface area (Å²) in [6.45, 7) is 5.78. The highest BCUT2D eigenvalue weighted by molar-refractivity contribution is 5.24. The first-order chi connectivity index (χ1) is 8.75. The second-order valence-electron chi connectivity index (χ2n) is 4.04. The Labute approximate surface area is 107 Å². The van der Waals surface area contributed by atoms with Crippen LogP contribution in [0.3, 0.4) is 0 Å². The lowest BCUT2D eigenvalue weighted by atomic mass is 10.3. The highest BCUT2D eigenvalue weighted by Crippen LogP contribution is 2.18. The summed E-state index contributed by atoms with van der Waals surface area (Å²) < 4.78 is 11.5. The van der Waals surface area contributed by atoms with Crippen molar-refractivity contribution in [1.29, 1.82) is 0 Å². The van der Waals surface area contributed by atoms with E-state index in [4.69, 9.17) is 9.47 Å². The van der Waals surface area contributed by atoms with Gasteiger partial charge in [-0.3, -0.25) is 0 Å². The van der Waals surface area contributed by atoms with Crippen molar-refractivity contribution in [3.63, 3.8) is 0 Å². The van der Waals surface area contributed by atoms with Crippen molar-refractivity contribution in [3.05, 3.63) is 72.8 Å². The van der Waals surface area contributed by atoms with Gasteiger partial charge in [-0.2, -0.15) is 0 Å². The molecule has 2 heteroatoms. The molecule has 2 aromatic carbocycles. The summed E-state index contributed by atoms with van der Waals surface area (Å²) in [5.74, 6) is 1.53. The van der Waals surface area contributed by atoms with Crippen molar-refractivity contribution in [2.45, 2.75) is 13.2 Å². The topological polar surface area (TPSA) is 18.5 Å². The van der Waals surface area contributed by atoms with Crippen molar-refractivity contribution in [2.75, 3.05) is 0 Å². The van der Waals surface area contributed by atoms with E-state index < -0.39 is 6.29 Å². The van der Waals surface area contributed by atoms with Crippen LogP contribution in [0.15, 0.2) is 72.8 Å². The molecule has 0 aliphatic rings. The molecule has 0 fully saturated rings. The predicted molar refractivity (Wildman–Crippen MR) is 72.7 cm³/mol. The van der Waals surface area contributed by atoms with Gasteiger partial charge in [-0.1, -0.05) is 43.0 Å². The molecule has 0 amide bonds. The quantitative estimate of drug-likeness (QED) is 0.580. The Hall–Kier alpha value is -2.22. The van der Waals surface area contributed by atoms with Crippen LogP contribution in [-0.2, 0) is 0 Å². The normalized spacial score (nSPS) is 10.1. The Kier molecular flexibility index (Phi) is 4.02. The summed E-state index contributed by atoms with van der Waals surface area (Å²) in [6.07, 6.45) is -0.477. The Balaban J connectivity index is 2.08. The number of benzene rings is 2. The first-order valence-electron chi connectivity index (χ1n) is 5.84. The fourth-order valence-corrected chi connectivity index (χ4v) is 1.47. The summed E-state index contributed by atoms with van der Waals surface area (Å²) in [4.78, 5) is 0. The molecule has 2 rings (SSSR count). The van der Waals surface area contributed by atoms with Crippen LogP contribution in [0.25, 0.3) is 0 Å². The number of hydrogen-bond donors (Lipinski definition) is 0. The van der Waals surface area contributed by atoms with Gasteiger partial charge < -0.3 is 9.47 Å². The lowest BCUT2D eigenvalue weighted by molar-refractivity contribution is 0.0375. The summed E-state index contributed by atoms with van der Waals surface area (Å²) >= 11 is 0. The van der Waals surface area contributed by atoms with Crippen LogP contribution >= 0.6 is 0 Å². The lowest BCUT2D eigenvalue weighted by Gasteiger charge is -2.20. The standard InChI is InChI=1S/C16H16O2/c1-13(2)16(17-14-9-5-3-6-10-14)18-15-11-7-4-8-12-15/h3-12,16H,1H2,2H3. The number of rotatable bonds is 5. The SMILES string of the molecule is C=C(C)C(Oc1ccccc1)Oc1ccccc1. The highest BCUT2D eigenvalue weighted by Gasteiger charge is 2.12. The van der Waals surface area contributed by atoms with Crippen LogP contribution < -0.4 is 9.47 Å². The largest absolute Gasteiger partial charge is 0.451 e. The van der Waals surface area contributed by atoms with Gasteiger partial charge in [0.25, 0.3) is 6.29 Å². The average Bonchev–Trinajstić information content (AvgIpc) is 2.40. The maximum absolute atomic E-state index is 5.76. The minimum absolute atomic E-state index is 0.477. The molecule has 0 saturated heterocycles. The van der Waals surface area contributed by atoms with Crippen LogP contribution in [0.1, 0.15) is 6.92 Å². The number of hydrogen-bond acceptors (Lipinski definition) is 2. The molecule has 0 unspecified atom stereocenters. The van der Waals surface area contributed by atoms with Gasteiger partial charge in [-0.25, -0.2) is 0 Å². The third kappa shape index (κ3) is 3.39. The maximum Gasteiger partial charge on any atom is 0.262 e. The Bertz CT molecular complexity index is 450. The van der Waals surface area contributed by atoms with Gasteiger partial charge in [0, 0.05) is 0 Å². The lowest BCUT2D eigenvalue weighted by Crippen LogP contribution is -2.24. The molecule has 92 valence electrons. The van der Waals surface area contributed by atoms with Gasteiger partial charge in [0.05, 0.1) is 0 Å². The van der Waals surface area contributed by atoms with Crippen molar-refractivity contribution in [1.82, 2.24) is 0 Å². The zero-order chi connectivity index (χ0) is 12.8. The third-order valence-electron chi connectivity index (χ3n) is 2.38. The second-order valence-corrected chi connectivity index (χ2v) is 4.04. The Morgan fingerprint density at radius 2 is 1.22 bits per heavy atom. The van der Waals surface area contributed by atoms with Crippen molar-refractivity contribution in [2.24, 2.45) is 0 Å². The van der Waals surface area contributed by atoms with E-state index in [0.29, 0.717) is 0 Å². The van der Waals surface area contributed by atoms with E-state index in [-0.39, 0.29) is 0 Å². The zero-order valence-corrected chi connectivity index (χ0v) is 10.4. The van der Waals surface area contributed by atoms with E-state index in [9.17, 15) is 0 Å². The van der Waals surface area contributed by atoms with Gasteiger partial charge >= 0.3 is 0 Å². The molecule has 2 nitrogen and oxygen atoms in total. The third-order valence-corrected chi connectivity index (χ3v) is 2.38. The fourth-order valence-electron chi connectivity index (χ4n) is 1.47. The summed E-state index contributed by atoms with van der Waals surface area (Å²) in [6, 6.07) is 19.2. The number of para-hydroxylation sites is 2. The second kappa shape index (κ2) is 5.92. The van der Waals surface area contributed by atoms with Gasteiger partial charge in [0.2, 0.25) is 0 Å². The molecular formula is C16H16O2.